The van der Waals surface area contributed by atoms with Gasteiger partial charge in [-0.05, 0) is 22.9 Å². The van der Waals surface area contributed by atoms with Gasteiger partial charge in [-0.15, -0.1) is 0 Å². The van der Waals surface area contributed by atoms with Crippen molar-refractivity contribution in [2.24, 2.45) is 0 Å². The second-order valence-electron chi connectivity index (χ2n) is 3.73. The Morgan fingerprint density at radius 3 is 2.88 bits per heavy atom. The molecule has 0 radical (unpaired) electrons. The molecule has 1 heterocycles. The van der Waals surface area contributed by atoms with Gasteiger partial charge in [0.15, 0.2) is 5.78 Å². The highest BCUT2D eigenvalue weighted by atomic mass is 79.9. The van der Waals surface area contributed by atoms with Gasteiger partial charge in [-0.2, -0.15) is 5.10 Å². The number of aromatic nitrogens is 2. The summed E-state index contributed by atoms with van der Waals surface area (Å²) in [5.74, 6) is 0.0137. The number of methoxy groups -OCH3 is 2. The fourth-order valence-corrected chi connectivity index (χ4v) is 1.95. The summed E-state index contributed by atoms with van der Waals surface area (Å²) in [6, 6.07) is 0. The van der Waals surface area contributed by atoms with Crippen LogP contribution in [0.15, 0.2) is 10.7 Å². The Morgan fingerprint density at radius 2 is 2.29 bits per heavy atom. The highest BCUT2D eigenvalue weighted by Crippen LogP contribution is 2.18. The van der Waals surface area contributed by atoms with Gasteiger partial charge in [0.2, 0.25) is 0 Å². The lowest BCUT2D eigenvalue weighted by Gasteiger charge is -2.10. The molecular weight excluding hydrogens is 288 g/mol. The minimum Gasteiger partial charge on any atom is -0.383 e. The van der Waals surface area contributed by atoms with Gasteiger partial charge in [-0.1, -0.05) is 0 Å². The number of hydrogen-bond donors (Lipinski definition) is 0. The van der Waals surface area contributed by atoms with Gasteiger partial charge in [0, 0.05) is 20.6 Å². The number of carbonyl (C=O) groups is 1. The van der Waals surface area contributed by atoms with E-state index in [1.165, 1.54) is 0 Å². The average molecular weight is 305 g/mol. The van der Waals surface area contributed by atoms with E-state index in [0.29, 0.717) is 29.7 Å². The topological polar surface area (TPSA) is 53.4 Å². The maximum absolute atomic E-state index is 12.1. The van der Waals surface area contributed by atoms with E-state index >= 15 is 0 Å². The van der Waals surface area contributed by atoms with Crippen molar-refractivity contribution in [3.63, 3.8) is 0 Å². The van der Waals surface area contributed by atoms with Gasteiger partial charge in [0.25, 0.3) is 0 Å². The molecule has 1 rings (SSSR count). The molecule has 1 aromatic heterocycles. The molecule has 0 aliphatic heterocycles. The highest BCUT2D eigenvalue weighted by molar-refractivity contribution is 9.10. The van der Waals surface area contributed by atoms with Crippen LogP contribution in [0.5, 0.6) is 0 Å². The lowest BCUT2D eigenvalue weighted by molar-refractivity contribution is 0.0780. The van der Waals surface area contributed by atoms with Crippen LogP contribution in [0.25, 0.3) is 0 Å². The minimum atomic E-state index is -0.0971. The third-order valence-corrected chi connectivity index (χ3v) is 3.02. The van der Waals surface area contributed by atoms with Crippen molar-refractivity contribution in [2.75, 3.05) is 20.8 Å². The van der Waals surface area contributed by atoms with Crippen molar-refractivity contribution >= 4 is 21.7 Å². The lowest BCUT2D eigenvalue weighted by atomic mass is 10.1. The molecule has 0 fully saturated rings. The summed E-state index contributed by atoms with van der Waals surface area (Å²) < 4.78 is 12.4. The molecule has 0 aromatic carbocycles. The van der Waals surface area contributed by atoms with Gasteiger partial charge in [0.05, 0.1) is 29.9 Å². The number of rotatable bonds is 7. The lowest BCUT2D eigenvalue weighted by Crippen LogP contribution is -2.18. The number of nitrogens with zero attached hydrogens (tertiary/aromatic N) is 2. The van der Waals surface area contributed by atoms with Crippen LogP contribution >= 0.6 is 15.9 Å². The summed E-state index contributed by atoms with van der Waals surface area (Å²) in [5, 5.41) is 4.14. The van der Waals surface area contributed by atoms with Crippen LogP contribution in [-0.2, 0) is 16.0 Å². The molecule has 0 N–H and O–H groups in total. The standard InChI is InChI=1S/C11H17BrN2O3/c1-8(17-3)6-10(15)11-9(12)7-13-14(11)4-5-16-2/h7-8H,4-6H2,1-3H3. The Hall–Kier alpha value is -0.720. The molecule has 1 atom stereocenters. The van der Waals surface area contributed by atoms with Crippen LogP contribution in [0.4, 0.5) is 0 Å². The third kappa shape index (κ3) is 3.90. The number of Topliss-reactive ketones (excluding diaryl/α,β-unsaturated/α-hetero) is 1. The van der Waals surface area contributed by atoms with E-state index in [1.54, 1.807) is 25.1 Å². The molecule has 0 amide bonds. The number of ketones is 1. The van der Waals surface area contributed by atoms with Crippen molar-refractivity contribution in [3.8, 4) is 0 Å². The predicted molar refractivity (Wildman–Crippen MR) is 67.2 cm³/mol. The Labute approximate surface area is 109 Å². The fraction of sp³-hybridized carbons (Fsp3) is 0.636. The molecule has 0 saturated carbocycles. The van der Waals surface area contributed by atoms with E-state index in [0.717, 1.165) is 0 Å². The minimum absolute atomic E-state index is 0.0137. The zero-order valence-electron chi connectivity index (χ0n) is 10.3. The molecule has 0 aliphatic rings. The molecular formula is C11H17BrN2O3. The van der Waals surface area contributed by atoms with Gasteiger partial charge < -0.3 is 9.47 Å². The maximum Gasteiger partial charge on any atom is 0.184 e. The average Bonchev–Trinajstić information content (AvgIpc) is 2.67. The summed E-state index contributed by atoms with van der Waals surface area (Å²) in [6.45, 7) is 2.94. The van der Waals surface area contributed by atoms with Gasteiger partial charge >= 0.3 is 0 Å². The first-order valence-corrected chi connectivity index (χ1v) is 6.15. The van der Waals surface area contributed by atoms with E-state index in [4.69, 9.17) is 9.47 Å². The summed E-state index contributed by atoms with van der Waals surface area (Å²) in [7, 11) is 3.21. The monoisotopic (exact) mass is 304 g/mol. The van der Waals surface area contributed by atoms with Crippen LogP contribution in [0, 0.1) is 0 Å². The molecule has 0 saturated heterocycles. The predicted octanol–water partition coefficient (Wildman–Crippen LogP) is 1.90. The first-order valence-electron chi connectivity index (χ1n) is 5.36. The van der Waals surface area contributed by atoms with Crippen LogP contribution in [-0.4, -0.2) is 42.5 Å². The second kappa shape index (κ2) is 6.88. The van der Waals surface area contributed by atoms with Crippen molar-refractivity contribution in [1.82, 2.24) is 9.78 Å². The van der Waals surface area contributed by atoms with Crippen LogP contribution in [0.3, 0.4) is 0 Å². The normalized spacial score (nSPS) is 12.7. The van der Waals surface area contributed by atoms with E-state index in [9.17, 15) is 4.79 Å². The van der Waals surface area contributed by atoms with Crippen molar-refractivity contribution in [3.05, 3.63) is 16.4 Å². The van der Waals surface area contributed by atoms with Gasteiger partial charge in [-0.25, -0.2) is 0 Å². The molecule has 96 valence electrons. The van der Waals surface area contributed by atoms with Crippen molar-refractivity contribution in [2.45, 2.75) is 26.0 Å². The quantitative estimate of drug-likeness (QED) is 0.722. The van der Waals surface area contributed by atoms with Crippen LogP contribution < -0.4 is 0 Å². The molecule has 1 unspecified atom stereocenters. The maximum atomic E-state index is 12.1. The number of halogens is 1. The van der Waals surface area contributed by atoms with E-state index in [1.807, 2.05) is 6.92 Å². The van der Waals surface area contributed by atoms with Crippen LogP contribution in [0.1, 0.15) is 23.8 Å². The molecule has 0 bridgehead atoms. The third-order valence-electron chi connectivity index (χ3n) is 2.44. The Morgan fingerprint density at radius 1 is 1.59 bits per heavy atom. The Balaban J connectivity index is 2.80. The summed E-state index contributed by atoms with van der Waals surface area (Å²) in [6.07, 6.45) is 1.87. The first kappa shape index (κ1) is 14.3. The first-order chi connectivity index (χ1) is 8.10. The largest absolute Gasteiger partial charge is 0.383 e. The molecule has 0 spiro atoms. The highest BCUT2D eigenvalue weighted by Gasteiger charge is 2.19. The van der Waals surface area contributed by atoms with Crippen molar-refractivity contribution < 1.29 is 14.3 Å². The summed E-state index contributed by atoms with van der Waals surface area (Å²) in [4.78, 5) is 12.1. The van der Waals surface area contributed by atoms with Gasteiger partial charge in [0.1, 0.15) is 5.69 Å². The molecule has 0 aliphatic carbocycles. The SMILES string of the molecule is COCCn1ncc(Br)c1C(=O)CC(C)OC. The second-order valence-corrected chi connectivity index (χ2v) is 4.59. The van der Waals surface area contributed by atoms with Crippen molar-refractivity contribution in [1.29, 1.82) is 0 Å². The molecule has 17 heavy (non-hydrogen) atoms. The summed E-state index contributed by atoms with van der Waals surface area (Å²) >= 11 is 3.34. The Kier molecular flexibility index (Phi) is 5.80. The van der Waals surface area contributed by atoms with E-state index in [-0.39, 0.29) is 11.9 Å². The van der Waals surface area contributed by atoms with E-state index < -0.39 is 0 Å². The van der Waals surface area contributed by atoms with E-state index in [2.05, 4.69) is 21.0 Å². The molecule has 6 heteroatoms. The fourth-order valence-electron chi connectivity index (χ4n) is 1.43. The molecule has 1 aromatic rings. The molecule has 5 nitrogen and oxygen atoms in total. The summed E-state index contributed by atoms with van der Waals surface area (Å²) in [5.41, 5.74) is 0.575. The zero-order chi connectivity index (χ0) is 12.8. The van der Waals surface area contributed by atoms with Gasteiger partial charge in [-0.3, -0.25) is 9.48 Å². The number of ether oxygens (including phenoxy) is 2. The Bertz CT molecular complexity index is 379. The smallest absolute Gasteiger partial charge is 0.184 e. The zero-order valence-corrected chi connectivity index (χ0v) is 11.9. The van der Waals surface area contributed by atoms with Crippen LogP contribution in [0.2, 0.25) is 0 Å². The number of hydrogen-bond acceptors (Lipinski definition) is 4. The number of carbonyl (C=O) groups excluding carboxylic acids is 1.